The van der Waals surface area contributed by atoms with Crippen LogP contribution in [0.25, 0.3) is 11.0 Å². The number of likely N-dealkylation sites (tertiary alicyclic amines) is 1. The fraction of sp³-hybridized carbons (Fsp3) is 0.440. The normalized spacial score (nSPS) is 21.5. The maximum Gasteiger partial charge on any atom is 0.323 e. The van der Waals surface area contributed by atoms with Crippen molar-refractivity contribution < 1.29 is 9.53 Å². The fourth-order valence-electron chi connectivity index (χ4n) is 5.80. The first kappa shape index (κ1) is 18.9. The lowest BCUT2D eigenvalue weighted by atomic mass is 9.81. The van der Waals surface area contributed by atoms with Gasteiger partial charge in [0.1, 0.15) is 11.4 Å². The zero-order valence-corrected chi connectivity index (χ0v) is 17.6. The molecule has 2 aromatic carbocycles. The van der Waals surface area contributed by atoms with Crippen molar-refractivity contribution in [3.63, 3.8) is 0 Å². The summed E-state index contributed by atoms with van der Waals surface area (Å²) in [6.45, 7) is 1.93. The summed E-state index contributed by atoms with van der Waals surface area (Å²) in [5.41, 5.74) is 4.25. The third-order valence-electron chi connectivity index (χ3n) is 7.56. The molecule has 3 heterocycles. The minimum atomic E-state index is -0.418. The number of nitrogens with one attached hydrogen (secondary N) is 2. The summed E-state index contributed by atoms with van der Waals surface area (Å²) in [6.07, 6.45) is 6.85. The molecule has 1 fully saturated rings. The van der Waals surface area contributed by atoms with E-state index in [1.165, 1.54) is 24.0 Å². The largest absolute Gasteiger partial charge is 0.486 e. The molecule has 3 aliphatic rings. The molecule has 0 unspecified atom stereocenters. The van der Waals surface area contributed by atoms with Crippen LogP contribution in [0.4, 0.5) is 0 Å². The highest BCUT2D eigenvalue weighted by molar-refractivity contribution is 6.03. The van der Waals surface area contributed by atoms with Crippen LogP contribution in [0.15, 0.2) is 41.2 Å². The van der Waals surface area contributed by atoms with Crippen molar-refractivity contribution >= 4 is 16.8 Å². The first-order valence-electron chi connectivity index (χ1n) is 11.4. The zero-order chi connectivity index (χ0) is 21.0. The maximum atomic E-state index is 13.0. The van der Waals surface area contributed by atoms with E-state index in [-0.39, 0.29) is 11.5 Å². The molecule has 6 nitrogen and oxygen atoms in total. The Morgan fingerprint density at radius 1 is 0.935 bits per heavy atom. The van der Waals surface area contributed by atoms with Gasteiger partial charge >= 0.3 is 5.69 Å². The van der Waals surface area contributed by atoms with Crippen LogP contribution in [0, 0.1) is 0 Å². The predicted molar refractivity (Wildman–Crippen MR) is 119 cm³/mol. The number of aryl methyl sites for hydroxylation is 2. The molecule has 1 spiro atoms. The number of H-pyrrole nitrogens is 2. The van der Waals surface area contributed by atoms with E-state index in [2.05, 4.69) is 39.1 Å². The van der Waals surface area contributed by atoms with Crippen LogP contribution < -0.4 is 10.4 Å². The number of hydrogen-bond donors (Lipinski definition) is 2. The Bertz CT molecular complexity index is 1190. The quantitative estimate of drug-likeness (QED) is 0.593. The van der Waals surface area contributed by atoms with Crippen LogP contribution in [0.2, 0.25) is 0 Å². The molecule has 0 saturated carbocycles. The maximum absolute atomic E-state index is 13.0. The molecule has 1 saturated heterocycles. The van der Waals surface area contributed by atoms with Gasteiger partial charge in [-0.3, -0.25) is 4.79 Å². The first-order chi connectivity index (χ1) is 15.1. The molecule has 0 atom stereocenters. The van der Waals surface area contributed by atoms with Crippen molar-refractivity contribution in [1.29, 1.82) is 0 Å². The topological polar surface area (TPSA) is 78.2 Å². The Morgan fingerprint density at radius 2 is 1.58 bits per heavy atom. The second kappa shape index (κ2) is 7.09. The molecule has 3 aromatic rings. The standard InChI is InChI=1S/C25H27N3O3/c29-22-15-25(31-23-14-21-20(13-19(22)23)26-24(30)27-21)9-11-28(12-10-25)18-7-5-16-3-1-2-4-17(16)6-8-18/h1-4,13-14,18H,5-12,15H2,(H2,26,27,30). The number of rotatable bonds is 1. The number of piperidine rings is 1. The van der Waals surface area contributed by atoms with E-state index in [9.17, 15) is 9.59 Å². The summed E-state index contributed by atoms with van der Waals surface area (Å²) in [4.78, 5) is 32.7. The van der Waals surface area contributed by atoms with Crippen LogP contribution in [-0.2, 0) is 12.8 Å². The van der Waals surface area contributed by atoms with Crippen LogP contribution in [0.1, 0.15) is 53.6 Å². The number of aromatic nitrogens is 2. The van der Waals surface area contributed by atoms with E-state index in [1.54, 1.807) is 12.1 Å². The molecule has 0 bridgehead atoms. The van der Waals surface area contributed by atoms with E-state index in [0.717, 1.165) is 38.8 Å². The highest BCUT2D eigenvalue weighted by Gasteiger charge is 2.44. The SMILES string of the molecule is O=C1CC2(CCN(C3CCc4ccccc4CC3)CC2)Oc2cc3[nH]c(=O)[nH]c3cc21. The smallest absolute Gasteiger partial charge is 0.323 e. The summed E-state index contributed by atoms with van der Waals surface area (Å²) in [5, 5.41) is 0. The zero-order valence-electron chi connectivity index (χ0n) is 17.6. The fourth-order valence-corrected chi connectivity index (χ4v) is 5.80. The molecule has 31 heavy (non-hydrogen) atoms. The molecule has 2 N–H and O–H groups in total. The summed E-state index contributed by atoms with van der Waals surface area (Å²) < 4.78 is 6.48. The number of hydrogen-bond acceptors (Lipinski definition) is 4. The molecular formula is C25H27N3O3. The van der Waals surface area contributed by atoms with Gasteiger partial charge in [0.05, 0.1) is 23.0 Å². The average molecular weight is 418 g/mol. The van der Waals surface area contributed by atoms with Crippen molar-refractivity contribution in [3.05, 3.63) is 63.6 Å². The lowest BCUT2D eigenvalue weighted by Crippen LogP contribution is -2.53. The Balaban J connectivity index is 1.18. The molecule has 0 amide bonds. The van der Waals surface area contributed by atoms with Gasteiger partial charge < -0.3 is 19.6 Å². The average Bonchev–Trinajstić information content (AvgIpc) is 2.99. The van der Waals surface area contributed by atoms with Crippen LogP contribution >= 0.6 is 0 Å². The number of carbonyl (C=O) groups excluding carboxylic acids is 1. The van der Waals surface area contributed by atoms with Gasteiger partial charge in [-0.15, -0.1) is 0 Å². The second-order valence-corrected chi connectivity index (χ2v) is 9.39. The number of Topliss-reactive ketones (excluding diaryl/α,β-unsaturated/α-hetero) is 1. The van der Waals surface area contributed by atoms with Gasteiger partial charge in [-0.1, -0.05) is 24.3 Å². The predicted octanol–water partition coefficient (Wildman–Crippen LogP) is 3.60. The van der Waals surface area contributed by atoms with Crippen LogP contribution in [0.3, 0.4) is 0 Å². The van der Waals surface area contributed by atoms with Gasteiger partial charge in [0, 0.05) is 38.0 Å². The summed E-state index contributed by atoms with van der Waals surface area (Å²) in [6, 6.07) is 13.0. The van der Waals surface area contributed by atoms with Gasteiger partial charge in [0.15, 0.2) is 5.78 Å². The molecule has 6 rings (SSSR count). The van der Waals surface area contributed by atoms with Gasteiger partial charge in [0.2, 0.25) is 0 Å². The van der Waals surface area contributed by atoms with Crippen molar-refractivity contribution in [1.82, 2.24) is 14.9 Å². The van der Waals surface area contributed by atoms with Crippen molar-refractivity contribution in [2.24, 2.45) is 0 Å². The van der Waals surface area contributed by atoms with Gasteiger partial charge in [-0.2, -0.15) is 0 Å². The number of nitrogens with zero attached hydrogens (tertiary/aromatic N) is 1. The molecule has 1 aliphatic carbocycles. The van der Waals surface area contributed by atoms with Gasteiger partial charge in [-0.25, -0.2) is 4.79 Å². The Kier molecular flexibility index (Phi) is 4.32. The monoisotopic (exact) mass is 417 g/mol. The van der Waals surface area contributed by atoms with E-state index >= 15 is 0 Å². The third kappa shape index (κ3) is 3.30. The number of ketones is 1. The number of benzene rings is 2. The summed E-state index contributed by atoms with van der Waals surface area (Å²) >= 11 is 0. The van der Waals surface area contributed by atoms with Crippen LogP contribution in [-0.4, -0.2) is 45.4 Å². The minimum Gasteiger partial charge on any atom is -0.486 e. The van der Waals surface area contributed by atoms with E-state index in [4.69, 9.17) is 4.74 Å². The summed E-state index contributed by atoms with van der Waals surface area (Å²) in [7, 11) is 0. The first-order valence-corrected chi connectivity index (χ1v) is 11.4. The Hall–Kier alpha value is -2.86. The highest BCUT2D eigenvalue weighted by atomic mass is 16.5. The number of carbonyl (C=O) groups is 1. The van der Waals surface area contributed by atoms with E-state index in [0.29, 0.717) is 34.8 Å². The molecule has 160 valence electrons. The number of imidazole rings is 1. The van der Waals surface area contributed by atoms with Crippen molar-refractivity contribution in [2.45, 2.75) is 56.6 Å². The van der Waals surface area contributed by atoms with E-state index in [1.807, 2.05) is 0 Å². The number of ether oxygens (including phenoxy) is 1. The van der Waals surface area contributed by atoms with Gasteiger partial charge in [0.25, 0.3) is 0 Å². The number of aromatic amines is 2. The third-order valence-corrected chi connectivity index (χ3v) is 7.56. The molecular weight excluding hydrogens is 390 g/mol. The lowest BCUT2D eigenvalue weighted by Gasteiger charge is -2.46. The second-order valence-electron chi connectivity index (χ2n) is 9.39. The van der Waals surface area contributed by atoms with Crippen LogP contribution in [0.5, 0.6) is 5.75 Å². The van der Waals surface area contributed by atoms with Crippen molar-refractivity contribution in [3.8, 4) is 5.75 Å². The minimum absolute atomic E-state index is 0.114. The summed E-state index contributed by atoms with van der Waals surface area (Å²) in [5.74, 6) is 0.723. The van der Waals surface area contributed by atoms with Crippen molar-refractivity contribution in [2.75, 3.05) is 13.1 Å². The highest BCUT2D eigenvalue weighted by Crippen LogP contribution is 2.41. The molecule has 0 radical (unpaired) electrons. The van der Waals surface area contributed by atoms with E-state index < -0.39 is 5.60 Å². The number of fused-ring (bicyclic) bond motifs is 3. The molecule has 6 heteroatoms. The Labute approximate surface area is 180 Å². The lowest BCUT2D eigenvalue weighted by molar-refractivity contribution is -0.0200. The Morgan fingerprint density at radius 3 is 2.26 bits per heavy atom. The molecule has 1 aromatic heterocycles. The molecule has 2 aliphatic heterocycles. The van der Waals surface area contributed by atoms with Gasteiger partial charge in [-0.05, 0) is 42.9 Å².